The molecule has 0 unspecified atom stereocenters. The van der Waals surface area contributed by atoms with Gasteiger partial charge in [-0.25, -0.2) is 0 Å². The van der Waals surface area contributed by atoms with Crippen LogP contribution in [0.3, 0.4) is 0 Å². The minimum absolute atomic E-state index is 0.446. The Kier molecular flexibility index (Phi) is 8.56. The molecule has 127 valence electrons. The van der Waals surface area contributed by atoms with Crippen LogP contribution in [0.1, 0.15) is 0 Å². The van der Waals surface area contributed by atoms with Gasteiger partial charge in [-0.1, -0.05) is 91.0 Å². The molecule has 0 aromatic heterocycles. The van der Waals surface area contributed by atoms with Crippen LogP contribution in [0.2, 0.25) is 0 Å². The molecule has 0 heterocycles. The third-order valence-corrected chi connectivity index (χ3v) is 5.49. The SMILES string of the molecule is [Cl][Re]([Cl])([Cl])[Cl].c1ccc(P(c2ccccc2)c2ccccc2)cc1. The molecule has 24 heavy (non-hydrogen) atoms. The molecule has 0 aliphatic rings. The summed E-state index contributed by atoms with van der Waals surface area (Å²) < 4.78 is 0. The van der Waals surface area contributed by atoms with Gasteiger partial charge in [-0.15, -0.1) is 0 Å². The Balaban J connectivity index is 0.000000368. The monoisotopic (exact) mass is 589 g/mol. The van der Waals surface area contributed by atoms with Crippen LogP contribution >= 0.6 is 46.0 Å². The van der Waals surface area contributed by atoms with Gasteiger partial charge in [-0.05, 0) is 23.8 Å². The van der Waals surface area contributed by atoms with Gasteiger partial charge in [0, 0.05) is 0 Å². The molecular weight excluding hydrogens is 575 g/mol. The maximum atomic E-state index is 5.03. The van der Waals surface area contributed by atoms with Crippen LogP contribution in [0, 0.1) is 0 Å². The molecule has 0 N–H and O–H groups in total. The summed E-state index contributed by atoms with van der Waals surface area (Å²) in [5, 5.41) is 4.19. The van der Waals surface area contributed by atoms with Crippen LogP contribution in [0.5, 0.6) is 0 Å². The molecule has 0 amide bonds. The van der Waals surface area contributed by atoms with E-state index in [0.29, 0.717) is 0 Å². The van der Waals surface area contributed by atoms with E-state index in [2.05, 4.69) is 91.0 Å². The Bertz CT molecular complexity index is 618. The molecule has 0 spiro atoms. The Labute approximate surface area is 163 Å². The first kappa shape index (κ1) is 20.2. The van der Waals surface area contributed by atoms with E-state index >= 15 is 0 Å². The summed E-state index contributed by atoms with van der Waals surface area (Å²) in [6, 6.07) is 32.3. The van der Waals surface area contributed by atoms with E-state index in [9.17, 15) is 0 Å². The first-order chi connectivity index (χ1) is 11.4. The van der Waals surface area contributed by atoms with Crippen molar-refractivity contribution in [3.63, 3.8) is 0 Å². The van der Waals surface area contributed by atoms with Gasteiger partial charge in [0.2, 0.25) is 0 Å². The fraction of sp³-hybridized carbons (Fsp3) is 0. The average Bonchev–Trinajstić information content (AvgIpc) is 2.57. The van der Waals surface area contributed by atoms with Gasteiger partial charge >= 0.3 is 49.6 Å². The predicted octanol–water partition coefficient (Wildman–Crippen LogP) is 6.20. The van der Waals surface area contributed by atoms with Crippen molar-refractivity contribution in [2.24, 2.45) is 0 Å². The zero-order valence-electron chi connectivity index (χ0n) is 12.5. The summed E-state index contributed by atoms with van der Waals surface area (Å²) in [5.41, 5.74) is 0. The van der Waals surface area contributed by atoms with Crippen molar-refractivity contribution in [3.8, 4) is 0 Å². The predicted molar refractivity (Wildman–Crippen MR) is 109 cm³/mol. The summed E-state index contributed by atoms with van der Waals surface area (Å²) in [6.07, 6.45) is 0. The number of hydrogen-bond donors (Lipinski definition) is 0. The van der Waals surface area contributed by atoms with Crippen LogP contribution in [0.25, 0.3) is 0 Å². The van der Waals surface area contributed by atoms with Gasteiger partial charge in [-0.2, -0.15) is 0 Å². The Morgan fingerprint density at radius 1 is 0.458 bits per heavy atom. The van der Waals surface area contributed by atoms with Crippen LogP contribution < -0.4 is 15.9 Å². The van der Waals surface area contributed by atoms with Crippen LogP contribution in [0.4, 0.5) is 0 Å². The third-order valence-electron chi connectivity index (χ3n) is 3.04. The zero-order valence-corrected chi connectivity index (χ0v) is 19.1. The molecule has 0 saturated carbocycles. The number of benzene rings is 3. The second kappa shape index (κ2) is 10.2. The van der Waals surface area contributed by atoms with E-state index in [1.165, 1.54) is 15.9 Å². The molecule has 6 heteroatoms. The van der Waals surface area contributed by atoms with Crippen molar-refractivity contribution in [2.75, 3.05) is 0 Å². The van der Waals surface area contributed by atoms with Crippen molar-refractivity contribution in [1.29, 1.82) is 0 Å². The van der Waals surface area contributed by atoms with Gasteiger partial charge in [0.15, 0.2) is 0 Å². The Morgan fingerprint density at radius 2 is 0.667 bits per heavy atom. The summed E-state index contributed by atoms with van der Waals surface area (Å²) in [7, 11) is 19.7. The first-order valence-electron chi connectivity index (χ1n) is 6.97. The van der Waals surface area contributed by atoms with Crippen molar-refractivity contribution in [3.05, 3.63) is 91.0 Å². The summed E-state index contributed by atoms with van der Waals surface area (Å²) in [4.78, 5) is 0. The molecule has 0 radical (unpaired) electrons. The molecule has 0 nitrogen and oxygen atoms in total. The van der Waals surface area contributed by atoms with Crippen molar-refractivity contribution < 1.29 is 11.5 Å². The minimum atomic E-state index is -3.22. The number of halogens is 4. The van der Waals surface area contributed by atoms with Gasteiger partial charge in [0.25, 0.3) is 0 Å². The average molecular weight is 590 g/mol. The maximum absolute atomic E-state index is 5.03. The minimum Gasteiger partial charge on any atom is -0.0622 e. The van der Waals surface area contributed by atoms with Crippen molar-refractivity contribution >= 4 is 62.0 Å². The zero-order chi connectivity index (χ0) is 17.4. The van der Waals surface area contributed by atoms with E-state index in [1.54, 1.807) is 0 Å². The number of rotatable bonds is 3. The first-order valence-corrected chi connectivity index (χ1v) is 21.8. The summed E-state index contributed by atoms with van der Waals surface area (Å²) >= 11 is -3.22. The molecule has 3 aromatic carbocycles. The quantitative estimate of drug-likeness (QED) is 0.319. The van der Waals surface area contributed by atoms with Gasteiger partial charge < -0.3 is 0 Å². The van der Waals surface area contributed by atoms with Gasteiger partial charge in [-0.3, -0.25) is 0 Å². The van der Waals surface area contributed by atoms with Crippen molar-refractivity contribution in [1.82, 2.24) is 0 Å². The van der Waals surface area contributed by atoms with Crippen LogP contribution in [-0.2, 0) is 11.5 Å². The van der Waals surface area contributed by atoms with E-state index in [1.807, 2.05) is 0 Å². The summed E-state index contributed by atoms with van der Waals surface area (Å²) in [5.74, 6) is 0. The van der Waals surface area contributed by atoms with E-state index in [-0.39, 0.29) is 0 Å². The fourth-order valence-electron chi connectivity index (χ4n) is 2.18. The Hall–Kier alpha value is -0.0877. The second-order valence-corrected chi connectivity index (χ2v) is 30.4. The van der Waals surface area contributed by atoms with Crippen LogP contribution in [-0.4, -0.2) is 0 Å². The second-order valence-electron chi connectivity index (χ2n) is 4.67. The molecule has 3 aromatic rings. The molecule has 0 fully saturated rings. The molecule has 3 rings (SSSR count). The molecule has 0 aliphatic carbocycles. The third kappa shape index (κ3) is 7.43. The van der Waals surface area contributed by atoms with E-state index in [4.69, 9.17) is 38.1 Å². The number of hydrogen-bond acceptors (Lipinski definition) is 0. The smallest absolute Gasteiger partial charge is 0.0134 e. The largest absolute Gasteiger partial charge is 0.0622 e. The standard InChI is InChI=1S/C18H15P.4ClH.Re/c1-4-10-16(11-5-1)19(17-12-6-2-7-13-17)18-14-8-3-9-15-18;;;;;/h1-15H;4*1H;/q;;;;;+4/p-4. The maximum Gasteiger partial charge on any atom is -0.0134 e. The molecule has 0 bridgehead atoms. The normalized spacial score (nSPS) is 11.5. The molecule has 0 atom stereocenters. The van der Waals surface area contributed by atoms with Gasteiger partial charge in [0.05, 0.1) is 0 Å². The van der Waals surface area contributed by atoms with E-state index < -0.39 is 19.4 Å². The Morgan fingerprint density at radius 3 is 0.875 bits per heavy atom. The molecule has 0 saturated heterocycles. The van der Waals surface area contributed by atoms with Crippen LogP contribution in [0.15, 0.2) is 91.0 Å². The molecule has 0 aliphatic heterocycles. The van der Waals surface area contributed by atoms with Gasteiger partial charge in [0.1, 0.15) is 0 Å². The summed E-state index contributed by atoms with van der Waals surface area (Å²) in [6.45, 7) is 0. The van der Waals surface area contributed by atoms with E-state index in [0.717, 1.165) is 0 Å². The topological polar surface area (TPSA) is 0 Å². The molecular formula is C18H15Cl4PRe. The van der Waals surface area contributed by atoms with Crippen molar-refractivity contribution in [2.45, 2.75) is 0 Å². The fourth-order valence-corrected chi connectivity index (χ4v) is 4.48.